The highest BCUT2D eigenvalue weighted by molar-refractivity contribution is 7.72. The lowest BCUT2D eigenvalue weighted by Crippen LogP contribution is -2.56. The average molecular weight is 829 g/mol. The van der Waals surface area contributed by atoms with Crippen LogP contribution in [0, 0.1) is 35.5 Å². The van der Waals surface area contributed by atoms with Gasteiger partial charge in [-0.2, -0.15) is 0 Å². The fraction of sp³-hybridized carbons (Fsp3) is 0.500. The molecule has 60 heavy (non-hydrogen) atoms. The van der Waals surface area contributed by atoms with E-state index in [-0.39, 0.29) is 18.8 Å². The molecule has 8 aliphatic carbocycles. The summed E-state index contributed by atoms with van der Waals surface area (Å²) in [6.45, 7) is 10.0. The molecule has 2 nitrogen and oxygen atoms in total. The minimum atomic E-state index is -0.724. The van der Waals surface area contributed by atoms with Crippen molar-refractivity contribution in [2.75, 3.05) is 0 Å². The summed E-state index contributed by atoms with van der Waals surface area (Å²) in [6, 6.07) is 37.4. The van der Waals surface area contributed by atoms with E-state index in [9.17, 15) is 0 Å². The van der Waals surface area contributed by atoms with Crippen LogP contribution in [0.4, 0.5) is 0 Å². The molecule has 0 aliphatic heterocycles. The van der Waals surface area contributed by atoms with E-state index in [2.05, 4.69) is 137 Å². The highest BCUT2D eigenvalue weighted by atomic mass is 31.1. The molecule has 0 spiro atoms. The Labute approximate surface area is 363 Å². The number of rotatable bonds is 12. The Morgan fingerprint density at radius 1 is 0.483 bits per heavy atom. The molecule has 8 aliphatic rings. The van der Waals surface area contributed by atoms with Crippen LogP contribution in [-0.4, -0.2) is 20.3 Å². The van der Waals surface area contributed by atoms with Crippen molar-refractivity contribution in [2.45, 2.75) is 138 Å². The minimum Gasteiger partial charge on any atom is -0.264 e. The van der Waals surface area contributed by atoms with Gasteiger partial charge in [0.1, 0.15) is 0 Å². The maximum atomic E-state index is 4.73. The molecule has 8 bridgehead atoms. The predicted octanol–water partition coefficient (Wildman–Crippen LogP) is 13.7. The van der Waals surface area contributed by atoms with E-state index in [1.165, 1.54) is 77.5 Å². The van der Waals surface area contributed by atoms with Crippen LogP contribution in [0.15, 0.2) is 122 Å². The van der Waals surface area contributed by atoms with E-state index < -0.39 is 7.92 Å². The Morgan fingerprint density at radius 3 is 1.20 bits per heavy atom. The van der Waals surface area contributed by atoms with Crippen LogP contribution in [0.25, 0.3) is 0 Å². The Balaban J connectivity index is 1.14. The predicted molar refractivity (Wildman–Crippen MR) is 254 cm³/mol. The Hall–Kier alpha value is -3.18. The van der Waals surface area contributed by atoms with Gasteiger partial charge in [0.2, 0.25) is 0 Å². The quantitative estimate of drug-likeness (QED) is 0.117. The summed E-state index contributed by atoms with van der Waals surface area (Å²) in [4.78, 5) is 9.46. The van der Waals surface area contributed by atoms with Gasteiger partial charge < -0.3 is 0 Å². The fourth-order valence-corrected chi connectivity index (χ4v) is 22.8. The van der Waals surface area contributed by atoms with Crippen molar-refractivity contribution in [3.05, 3.63) is 155 Å². The first-order chi connectivity index (χ1) is 29.1. The molecule has 0 saturated heterocycles. The zero-order valence-corrected chi connectivity index (χ0v) is 38.5. The van der Waals surface area contributed by atoms with Crippen molar-refractivity contribution in [3.63, 3.8) is 0 Å². The van der Waals surface area contributed by atoms with Gasteiger partial charge in [0, 0.05) is 41.8 Å². The van der Waals surface area contributed by atoms with E-state index >= 15 is 0 Å². The summed E-state index contributed by atoms with van der Waals surface area (Å²) in [5.74, 6) is 5.92. The van der Waals surface area contributed by atoms with Crippen molar-refractivity contribution < 1.29 is 0 Å². The number of aromatic nitrogens is 2. The maximum absolute atomic E-state index is 4.73. The first kappa shape index (κ1) is 39.7. The molecular formula is C56H66N2P2. The smallest absolute Gasteiger partial charge is 0.0348 e. The van der Waals surface area contributed by atoms with Crippen LogP contribution in [-0.2, 0) is 23.2 Å². The maximum Gasteiger partial charge on any atom is 0.0348 e. The lowest BCUT2D eigenvalue weighted by molar-refractivity contribution is 0.0184. The average Bonchev–Trinajstić information content (AvgIpc) is 3.25. The molecule has 8 saturated carbocycles. The van der Waals surface area contributed by atoms with Crippen LogP contribution in [0.3, 0.4) is 0 Å². The van der Waals surface area contributed by atoms with E-state index in [1.807, 2.05) is 12.4 Å². The molecule has 4 heteroatoms. The van der Waals surface area contributed by atoms with Crippen molar-refractivity contribution in [2.24, 2.45) is 35.5 Å². The molecule has 0 unspecified atom stereocenters. The van der Waals surface area contributed by atoms with Gasteiger partial charge in [-0.1, -0.05) is 121 Å². The summed E-state index contributed by atoms with van der Waals surface area (Å²) >= 11 is 0. The molecule has 0 radical (unpaired) electrons. The number of benzene rings is 3. The van der Waals surface area contributed by atoms with E-state index in [0.717, 1.165) is 41.7 Å². The van der Waals surface area contributed by atoms with Gasteiger partial charge >= 0.3 is 0 Å². The molecule has 5 aromatic rings. The second-order valence-electron chi connectivity index (χ2n) is 22.0. The summed E-state index contributed by atoms with van der Waals surface area (Å²) in [5.41, 5.74) is 8.75. The van der Waals surface area contributed by atoms with Gasteiger partial charge in [-0.25, -0.2) is 0 Å². The largest absolute Gasteiger partial charge is 0.264 e. The molecule has 2 heterocycles. The monoisotopic (exact) mass is 828 g/mol. The number of hydrogen-bond donors (Lipinski definition) is 0. The third-order valence-electron chi connectivity index (χ3n) is 17.4. The standard InChI is InChI=1S/C56H66N2P2/c1-53(2,47-13-7-5-8-14-47)51-27-45(37-59(49-17-11-19-57-35-49)50-18-12-20-58-36-50)46(28-52(51)54(3,4)48-15-9-6-10-16-48)38-60(55-29-39-21-40(30-55)23-41(22-39)31-55)56-32-42-24-43(33-56)26-44(25-42)34-56/h5-20,27-28,35-36,39-44H,21-26,29-34,37-38H2,1-4H3. The van der Waals surface area contributed by atoms with Gasteiger partial charge in [-0.15, -0.1) is 0 Å². The second kappa shape index (κ2) is 15.3. The van der Waals surface area contributed by atoms with Gasteiger partial charge in [-0.3, -0.25) is 9.97 Å². The first-order valence-corrected chi connectivity index (χ1v) is 26.8. The summed E-state index contributed by atoms with van der Waals surface area (Å²) in [6.07, 6.45) is 29.0. The zero-order chi connectivity index (χ0) is 40.7. The minimum absolute atomic E-state index is 0.169. The van der Waals surface area contributed by atoms with Gasteiger partial charge in [0.15, 0.2) is 0 Å². The zero-order valence-electron chi connectivity index (χ0n) is 36.7. The Bertz CT molecular complexity index is 2150. The molecule has 3 aromatic carbocycles. The highest BCUT2D eigenvalue weighted by Gasteiger charge is 2.62. The van der Waals surface area contributed by atoms with Crippen LogP contribution in [0.5, 0.6) is 0 Å². The molecule has 310 valence electrons. The lowest BCUT2D eigenvalue weighted by atomic mass is 9.55. The lowest BCUT2D eigenvalue weighted by Gasteiger charge is -2.67. The number of hydrogen-bond acceptors (Lipinski definition) is 2. The summed E-state index contributed by atoms with van der Waals surface area (Å²) in [7, 11) is -0.961. The summed E-state index contributed by atoms with van der Waals surface area (Å²) < 4.78 is 0. The third-order valence-corrected chi connectivity index (χ3v) is 23.9. The molecular weight excluding hydrogens is 763 g/mol. The number of nitrogens with zero attached hydrogens (tertiary/aromatic N) is 2. The van der Waals surface area contributed by atoms with Crippen molar-refractivity contribution in [1.82, 2.24) is 9.97 Å². The van der Waals surface area contributed by atoms with Crippen LogP contribution in [0.2, 0.25) is 0 Å². The van der Waals surface area contributed by atoms with Crippen molar-refractivity contribution in [3.8, 4) is 0 Å². The van der Waals surface area contributed by atoms with Crippen molar-refractivity contribution >= 4 is 26.5 Å². The Kier molecular flexibility index (Phi) is 10.1. The SMILES string of the molecule is CC(C)(c1ccccc1)c1cc(CP(c2cccnc2)c2cccnc2)c(CP(C23CC4CC(CC(C4)C2)C3)C23CC4CC(CC(C4)C2)C3)cc1C(C)(C)c1ccccc1. The van der Waals surface area contributed by atoms with Gasteiger partial charge in [0.05, 0.1) is 0 Å². The first-order valence-electron chi connectivity index (χ1n) is 23.7. The highest BCUT2D eigenvalue weighted by Crippen LogP contribution is 2.80. The molecule has 0 atom stereocenters. The Morgan fingerprint density at radius 2 is 0.850 bits per heavy atom. The topological polar surface area (TPSA) is 25.8 Å². The van der Waals surface area contributed by atoms with E-state index in [4.69, 9.17) is 9.97 Å². The fourth-order valence-electron chi connectivity index (χ4n) is 15.4. The number of pyridine rings is 2. The van der Waals surface area contributed by atoms with Crippen LogP contribution < -0.4 is 10.6 Å². The van der Waals surface area contributed by atoms with Gasteiger partial charge in [0.25, 0.3) is 0 Å². The second-order valence-corrected chi connectivity index (χ2v) is 27.3. The normalized spacial score (nSPS) is 30.9. The third kappa shape index (κ3) is 6.98. The van der Waals surface area contributed by atoms with E-state index in [1.54, 1.807) is 49.7 Å². The summed E-state index contributed by atoms with van der Waals surface area (Å²) in [5, 5.41) is 3.85. The van der Waals surface area contributed by atoms with E-state index in [0.29, 0.717) is 10.3 Å². The molecule has 0 amide bonds. The molecule has 0 N–H and O–H groups in total. The van der Waals surface area contributed by atoms with Crippen LogP contribution in [0.1, 0.15) is 138 Å². The van der Waals surface area contributed by atoms with Crippen molar-refractivity contribution in [1.29, 1.82) is 0 Å². The molecule has 13 rings (SSSR count). The molecule has 2 aromatic heterocycles. The van der Waals surface area contributed by atoms with Gasteiger partial charge in [-0.05, 0) is 193 Å². The molecule has 8 fully saturated rings. The van der Waals surface area contributed by atoms with Crippen LogP contribution >= 0.6 is 15.8 Å².